The lowest BCUT2D eigenvalue weighted by Crippen LogP contribution is -2.43. The van der Waals surface area contributed by atoms with Crippen LogP contribution in [0.3, 0.4) is 0 Å². The third kappa shape index (κ3) is 3.86. The molecule has 0 saturated heterocycles. The molecular weight excluding hydrogens is 526 g/mol. The number of fused-ring (bicyclic) bond motifs is 6. The summed E-state index contributed by atoms with van der Waals surface area (Å²) in [6.07, 6.45) is 0. The summed E-state index contributed by atoms with van der Waals surface area (Å²) in [5, 5.41) is 2.33. The fraction of sp³-hybridized carbons (Fsp3) is 0.154. The van der Waals surface area contributed by atoms with Gasteiger partial charge in [0, 0.05) is 27.5 Å². The lowest BCUT2D eigenvalue weighted by molar-refractivity contribution is 0.299. The minimum Gasteiger partial charge on any atom is -0.456 e. The number of para-hydroxylation sites is 1. The van der Waals surface area contributed by atoms with Crippen molar-refractivity contribution in [1.29, 1.82) is 0 Å². The van der Waals surface area contributed by atoms with E-state index in [1.54, 1.807) is 0 Å². The standard InChI is InChI=1S/C39H31N3O/c1-38(2)31-21-26(37-41-35(24-13-7-5-8-14-24)40-36(42-37)25-15-9-6-10-16-25)19-20-27(31)29-23-34-30(22-32(29)39(38,3)4)28-17-11-12-18-33(28)43-34/h5-23H,1-4H3. The van der Waals surface area contributed by atoms with Gasteiger partial charge in [0.25, 0.3) is 0 Å². The molecule has 0 unspecified atom stereocenters. The molecule has 2 aromatic heterocycles. The summed E-state index contributed by atoms with van der Waals surface area (Å²) in [4.78, 5) is 14.9. The van der Waals surface area contributed by atoms with Gasteiger partial charge in [-0.2, -0.15) is 0 Å². The lowest BCUT2D eigenvalue weighted by Gasteiger charge is -2.48. The summed E-state index contributed by atoms with van der Waals surface area (Å²) in [7, 11) is 0. The molecule has 4 heteroatoms. The van der Waals surface area contributed by atoms with E-state index in [-0.39, 0.29) is 10.8 Å². The maximum Gasteiger partial charge on any atom is 0.164 e. The highest BCUT2D eigenvalue weighted by molar-refractivity contribution is 6.07. The molecule has 2 heterocycles. The van der Waals surface area contributed by atoms with Crippen LogP contribution in [0.1, 0.15) is 38.8 Å². The van der Waals surface area contributed by atoms with Crippen LogP contribution in [0.25, 0.3) is 67.2 Å². The summed E-state index contributed by atoms with van der Waals surface area (Å²) in [5.74, 6) is 2.00. The summed E-state index contributed by atoms with van der Waals surface area (Å²) in [6, 6.07) is 39.8. The smallest absolute Gasteiger partial charge is 0.164 e. The quantitative estimate of drug-likeness (QED) is 0.217. The molecule has 0 fully saturated rings. The van der Waals surface area contributed by atoms with Crippen molar-refractivity contribution in [2.45, 2.75) is 38.5 Å². The molecule has 43 heavy (non-hydrogen) atoms. The van der Waals surface area contributed by atoms with Gasteiger partial charge in [0.2, 0.25) is 0 Å². The van der Waals surface area contributed by atoms with Crippen LogP contribution in [0, 0.1) is 0 Å². The monoisotopic (exact) mass is 557 g/mol. The normalized spacial score (nSPS) is 14.9. The first kappa shape index (κ1) is 25.6. The second kappa shape index (κ2) is 9.20. The Balaban J connectivity index is 1.34. The fourth-order valence-electron chi connectivity index (χ4n) is 6.56. The molecule has 0 radical (unpaired) electrons. The number of furan rings is 1. The molecule has 208 valence electrons. The molecule has 0 aliphatic heterocycles. The summed E-state index contributed by atoms with van der Waals surface area (Å²) in [6.45, 7) is 9.43. The SMILES string of the molecule is CC1(C)c2cc(-c3nc(-c4ccccc4)nc(-c4ccccc4)n3)ccc2-c2cc3oc4ccccc4c3cc2C1(C)C. The number of hydrogen-bond donors (Lipinski definition) is 0. The Labute approximate surface area is 251 Å². The van der Waals surface area contributed by atoms with Crippen LogP contribution in [0.4, 0.5) is 0 Å². The lowest BCUT2D eigenvalue weighted by atomic mass is 9.55. The highest BCUT2D eigenvalue weighted by Gasteiger charge is 2.46. The van der Waals surface area contributed by atoms with E-state index in [2.05, 4.69) is 70.2 Å². The zero-order chi connectivity index (χ0) is 29.3. The Bertz CT molecular complexity index is 2120. The molecular formula is C39H31N3O. The fourth-order valence-corrected chi connectivity index (χ4v) is 6.56. The van der Waals surface area contributed by atoms with Crippen molar-refractivity contribution in [2.24, 2.45) is 0 Å². The third-order valence-corrected chi connectivity index (χ3v) is 9.69. The van der Waals surface area contributed by atoms with E-state index in [9.17, 15) is 0 Å². The maximum absolute atomic E-state index is 6.33. The summed E-state index contributed by atoms with van der Waals surface area (Å²) >= 11 is 0. The van der Waals surface area contributed by atoms with Crippen LogP contribution < -0.4 is 0 Å². The Morgan fingerprint density at radius 1 is 0.442 bits per heavy atom. The molecule has 0 amide bonds. The van der Waals surface area contributed by atoms with Gasteiger partial charge in [-0.1, -0.05) is 119 Å². The minimum absolute atomic E-state index is 0.149. The molecule has 5 aromatic carbocycles. The number of nitrogens with zero attached hydrogens (tertiary/aromatic N) is 3. The number of hydrogen-bond acceptors (Lipinski definition) is 4. The van der Waals surface area contributed by atoms with Crippen molar-refractivity contribution in [1.82, 2.24) is 15.0 Å². The van der Waals surface area contributed by atoms with E-state index < -0.39 is 0 Å². The maximum atomic E-state index is 6.33. The molecule has 8 rings (SSSR count). The largest absolute Gasteiger partial charge is 0.456 e. The number of benzene rings is 5. The minimum atomic E-state index is -0.171. The van der Waals surface area contributed by atoms with Crippen molar-refractivity contribution in [2.75, 3.05) is 0 Å². The van der Waals surface area contributed by atoms with Gasteiger partial charge < -0.3 is 4.42 Å². The van der Waals surface area contributed by atoms with Crippen LogP contribution in [-0.4, -0.2) is 15.0 Å². The topological polar surface area (TPSA) is 51.8 Å². The molecule has 0 spiro atoms. The van der Waals surface area contributed by atoms with Gasteiger partial charge >= 0.3 is 0 Å². The second-order valence-electron chi connectivity index (χ2n) is 12.5. The Hall–Kier alpha value is -5.09. The summed E-state index contributed by atoms with van der Waals surface area (Å²) < 4.78 is 6.33. The van der Waals surface area contributed by atoms with E-state index >= 15 is 0 Å². The first-order valence-electron chi connectivity index (χ1n) is 14.8. The predicted octanol–water partition coefficient (Wildman–Crippen LogP) is 10.0. The molecule has 0 atom stereocenters. The van der Waals surface area contributed by atoms with Gasteiger partial charge in [-0.25, -0.2) is 15.0 Å². The van der Waals surface area contributed by atoms with Gasteiger partial charge in [0.15, 0.2) is 17.5 Å². The molecule has 4 nitrogen and oxygen atoms in total. The van der Waals surface area contributed by atoms with Crippen molar-refractivity contribution in [3.8, 4) is 45.3 Å². The van der Waals surface area contributed by atoms with E-state index in [0.717, 1.165) is 33.2 Å². The predicted molar refractivity (Wildman–Crippen MR) is 175 cm³/mol. The molecule has 0 N–H and O–H groups in total. The van der Waals surface area contributed by atoms with Crippen LogP contribution >= 0.6 is 0 Å². The molecule has 0 bridgehead atoms. The van der Waals surface area contributed by atoms with Crippen LogP contribution in [0.2, 0.25) is 0 Å². The zero-order valence-electron chi connectivity index (χ0n) is 24.7. The molecule has 1 aliphatic rings. The highest BCUT2D eigenvalue weighted by Crippen LogP contribution is 2.55. The van der Waals surface area contributed by atoms with Gasteiger partial charge in [0.1, 0.15) is 11.2 Å². The Kier molecular flexibility index (Phi) is 5.48. The van der Waals surface area contributed by atoms with Crippen LogP contribution in [0.15, 0.2) is 120 Å². The molecule has 7 aromatic rings. The van der Waals surface area contributed by atoms with E-state index in [1.807, 2.05) is 72.8 Å². The average molecular weight is 558 g/mol. The second-order valence-corrected chi connectivity index (χ2v) is 12.5. The Morgan fingerprint density at radius 2 is 0.977 bits per heavy atom. The highest BCUT2D eigenvalue weighted by atomic mass is 16.3. The Morgan fingerprint density at radius 3 is 1.60 bits per heavy atom. The molecule has 0 saturated carbocycles. The van der Waals surface area contributed by atoms with Gasteiger partial charge in [-0.15, -0.1) is 0 Å². The van der Waals surface area contributed by atoms with Crippen LogP contribution in [0.5, 0.6) is 0 Å². The zero-order valence-corrected chi connectivity index (χ0v) is 24.7. The van der Waals surface area contributed by atoms with Crippen molar-refractivity contribution in [3.63, 3.8) is 0 Å². The van der Waals surface area contributed by atoms with Gasteiger partial charge in [-0.05, 0) is 57.3 Å². The summed E-state index contributed by atoms with van der Waals surface area (Å²) in [5.41, 5.74) is 9.50. The van der Waals surface area contributed by atoms with E-state index in [4.69, 9.17) is 19.4 Å². The number of aromatic nitrogens is 3. The van der Waals surface area contributed by atoms with Crippen molar-refractivity contribution in [3.05, 3.63) is 126 Å². The van der Waals surface area contributed by atoms with Crippen LogP contribution in [-0.2, 0) is 10.8 Å². The van der Waals surface area contributed by atoms with E-state index in [1.165, 1.54) is 27.6 Å². The first-order valence-corrected chi connectivity index (χ1v) is 14.8. The average Bonchev–Trinajstić information content (AvgIpc) is 3.41. The third-order valence-electron chi connectivity index (χ3n) is 9.69. The van der Waals surface area contributed by atoms with Crippen molar-refractivity contribution < 1.29 is 4.42 Å². The number of rotatable bonds is 3. The van der Waals surface area contributed by atoms with Gasteiger partial charge in [-0.3, -0.25) is 0 Å². The van der Waals surface area contributed by atoms with E-state index in [0.29, 0.717) is 17.5 Å². The van der Waals surface area contributed by atoms with Gasteiger partial charge in [0.05, 0.1) is 0 Å². The molecule has 1 aliphatic carbocycles. The first-order chi connectivity index (χ1) is 20.8. The van der Waals surface area contributed by atoms with Crippen molar-refractivity contribution >= 4 is 21.9 Å².